The molecule has 0 aliphatic heterocycles. The molecule has 0 saturated carbocycles. The summed E-state index contributed by atoms with van der Waals surface area (Å²) in [5.41, 5.74) is 0.984. The zero-order valence-electron chi connectivity index (χ0n) is 17.4. The number of thioether (sulfide) groups is 1. The molecule has 2 aromatic rings. The summed E-state index contributed by atoms with van der Waals surface area (Å²) in [6.07, 6.45) is 2.44. The van der Waals surface area contributed by atoms with Crippen LogP contribution in [0.25, 0.3) is 6.08 Å². The van der Waals surface area contributed by atoms with Gasteiger partial charge in [0.1, 0.15) is 6.04 Å². The van der Waals surface area contributed by atoms with E-state index in [2.05, 4.69) is 10.0 Å². The van der Waals surface area contributed by atoms with E-state index >= 15 is 0 Å². The van der Waals surface area contributed by atoms with Gasteiger partial charge in [0.2, 0.25) is 15.9 Å². The molecule has 11 heteroatoms. The number of nitrogens with zero attached hydrogens (tertiary/aromatic N) is 1. The number of non-ortho nitro benzene ring substituents is 1. The predicted octanol–water partition coefficient (Wildman–Crippen LogP) is 2.46. The van der Waals surface area contributed by atoms with Gasteiger partial charge in [0.25, 0.3) is 5.69 Å². The van der Waals surface area contributed by atoms with Gasteiger partial charge in [0.05, 0.1) is 11.0 Å². The van der Waals surface area contributed by atoms with Crippen molar-refractivity contribution >= 4 is 39.5 Å². The molecule has 9 nitrogen and oxygen atoms in total. The van der Waals surface area contributed by atoms with Gasteiger partial charge in [-0.2, -0.15) is 16.5 Å². The van der Waals surface area contributed by atoms with E-state index in [1.165, 1.54) is 42.1 Å². The van der Waals surface area contributed by atoms with Crippen LogP contribution in [0, 0.1) is 10.1 Å². The normalized spacial score (nSPS) is 13.6. The number of sulfonamides is 1. The van der Waals surface area contributed by atoms with Crippen LogP contribution in [0.15, 0.2) is 60.0 Å². The fourth-order valence-electron chi connectivity index (χ4n) is 2.71. The lowest BCUT2D eigenvalue weighted by molar-refractivity contribution is -0.384. The zero-order valence-corrected chi connectivity index (χ0v) is 19.0. The molecule has 2 rings (SSSR count). The largest absolute Gasteiger partial charge is 0.387 e. The lowest BCUT2D eigenvalue weighted by Crippen LogP contribution is -2.47. The van der Waals surface area contributed by atoms with E-state index in [0.717, 1.165) is 5.41 Å². The van der Waals surface area contributed by atoms with Gasteiger partial charge in [-0.05, 0) is 47.8 Å². The molecule has 0 bridgehead atoms. The van der Waals surface area contributed by atoms with Gasteiger partial charge in [-0.25, -0.2) is 8.42 Å². The Morgan fingerprint density at radius 3 is 2.44 bits per heavy atom. The molecule has 0 aliphatic rings. The standard InChI is InChI=1S/C21H25N3O6S2/c1-31-13-11-19(23-32(29,30)14-12-16-5-3-2-4-6-16)21(26)22-15-20(25)17-7-9-18(10-8-17)24(27)28/h2-10,12,14,19-20,23,25H,11,13,15H2,1H3,(H,22,26)/b14-12+. The number of amides is 1. The molecule has 0 aromatic heterocycles. The Kier molecular flexibility index (Phi) is 9.85. The molecule has 0 heterocycles. The van der Waals surface area contributed by atoms with Crippen molar-refractivity contribution < 1.29 is 23.2 Å². The summed E-state index contributed by atoms with van der Waals surface area (Å²) in [6, 6.07) is 13.2. The molecule has 0 spiro atoms. The fraction of sp³-hybridized carbons (Fsp3) is 0.286. The van der Waals surface area contributed by atoms with E-state index in [-0.39, 0.29) is 18.7 Å². The highest BCUT2D eigenvalue weighted by Gasteiger charge is 2.23. The van der Waals surface area contributed by atoms with Crippen molar-refractivity contribution in [1.82, 2.24) is 10.0 Å². The third-order valence-corrected chi connectivity index (χ3v) is 6.18. The summed E-state index contributed by atoms with van der Waals surface area (Å²) in [5.74, 6) is -0.0230. The van der Waals surface area contributed by atoms with Crippen LogP contribution in [0.5, 0.6) is 0 Å². The molecule has 2 unspecified atom stereocenters. The van der Waals surface area contributed by atoms with Crippen LogP contribution in [0.4, 0.5) is 5.69 Å². The molecular formula is C21H25N3O6S2. The van der Waals surface area contributed by atoms with Crippen molar-refractivity contribution in [1.29, 1.82) is 0 Å². The molecule has 0 saturated heterocycles. The minimum Gasteiger partial charge on any atom is -0.387 e. The van der Waals surface area contributed by atoms with Crippen LogP contribution in [0.1, 0.15) is 23.7 Å². The summed E-state index contributed by atoms with van der Waals surface area (Å²) in [6.45, 7) is -0.173. The second-order valence-electron chi connectivity index (χ2n) is 6.82. The zero-order chi connectivity index (χ0) is 23.6. The Morgan fingerprint density at radius 2 is 1.84 bits per heavy atom. The summed E-state index contributed by atoms with van der Waals surface area (Å²) in [7, 11) is -3.89. The van der Waals surface area contributed by atoms with Gasteiger partial charge in [0, 0.05) is 24.1 Å². The van der Waals surface area contributed by atoms with Crippen LogP contribution >= 0.6 is 11.8 Å². The van der Waals surface area contributed by atoms with Crippen LogP contribution in [0.2, 0.25) is 0 Å². The van der Waals surface area contributed by atoms with Crippen molar-refractivity contribution in [3.8, 4) is 0 Å². The maximum Gasteiger partial charge on any atom is 0.269 e. The second kappa shape index (κ2) is 12.3. The van der Waals surface area contributed by atoms with Crippen molar-refractivity contribution in [3.05, 3.63) is 81.2 Å². The predicted molar refractivity (Wildman–Crippen MR) is 125 cm³/mol. The maximum atomic E-state index is 12.6. The number of hydrogen-bond acceptors (Lipinski definition) is 7. The monoisotopic (exact) mass is 479 g/mol. The number of hydrogen-bond donors (Lipinski definition) is 3. The first kappa shape index (κ1) is 25.5. The number of nitrogens with one attached hydrogen (secondary N) is 2. The Hall–Kier alpha value is -2.73. The Balaban J connectivity index is 2.00. The van der Waals surface area contributed by atoms with Crippen LogP contribution in [0.3, 0.4) is 0 Å². The smallest absolute Gasteiger partial charge is 0.269 e. The minimum absolute atomic E-state index is 0.111. The average Bonchev–Trinajstić information content (AvgIpc) is 2.79. The van der Waals surface area contributed by atoms with Crippen molar-refractivity contribution in [2.75, 3.05) is 18.6 Å². The molecule has 1 amide bonds. The van der Waals surface area contributed by atoms with E-state index in [1.54, 1.807) is 24.3 Å². The third kappa shape index (κ3) is 8.42. The van der Waals surface area contributed by atoms with Gasteiger partial charge in [-0.15, -0.1) is 0 Å². The lowest BCUT2D eigenvalue weighted by atomic mass is 10.1. The first-order valence-electron chi connectivity index (χ1n) is 9.66. The van der Waals surface area contributed by atoms with Gasteiger partial charge in [-0.3, -0.25) is 14.9 Å². The van der Waals surface area contributed by atoms with Crippen LogP contribution < -0.4 is 10.0 Å². The number of aliphatic hydroxyl groups is 1. The first-order chi connectivity index (χ1) is 15.2. The lowest BCUT2D eigenvalue weighted by Gasteiger charge is -2.19. The molecular weight excluding hydrogens is 454 g/mol. The summed E-state index contributed by atoms with van der Waals surface area (Å²) in [5, 5.41) is 24.5. The second-order valence-corrected chi connectivity index (χ2v) is 9.40. The Morgan fingerprint density at radius 1 is 1.19 bits per heavy atom. The molecule has 2 aromatic carbocycles. The number of aliphatic hydroxyl groups excluding tert-OH is 1. The highest BCUT2D eigenvalue weighted by Crippen LogP contribution is 2.17. The quantitative estimate of drug-likeness (QED) is 0.314. The highest BCUT2D eigenvalue weighted by atomic mass is 32.2. The number of nitro benzene ring substituents is 1. The summed E-state index contributed by atoms with van der Waals surface area (Å²) >= 11 is 1.47. The molecule has 2 atom stereocenters. The third-order valence-electron chi connectivity index (χ3n) is 4.43. The number of carbonyl (C=O) groups excluding carboxylic acids is 1. The topological polar surface area (TPSA) is 139 Å². The molecule has 0 radical (unpaired) electrons. The van der Waals surface area contributed by atoms with Gasteiger partial charge in [-0.1, -0.05) is 30.3 Å². The summed E-state index contributed by atoms with van der Waals surface area (Å²) in [4.78, 5) is 22.8. The number of benzene rings is 2. The van der Waals surface area contributed by atoms with E-state index in [9.17, 15) is 28.4 Å². The van der Waals surface area contributed by atoms with Gasteiger partial charge < -0.3 is 10.4 Å². The van der Waals surface area contributed by atoms with E-state index in [1.807, 2.05) is 12.3 Å². The first-order valence-corrected chi connectivity index (χ1v) is 12.6. The summed E-state index contributed by atoms with van der Waals surface area (Å²) < 4.78 is 27.3. The Labute approximate surface area is 191 Å². The van der Waals surface area contributed by atoms with Crippen molar-refractivity contribution in [3.63, 3.8) is 0 Å². The maximum absolute atomic E-state index is 12.6. The molecule has 3 N–H and O–H groups in total. The van der Waals surface area contributed by atoms with E-state index < -0.39 is 33.0 Å². The number of rotatable bonds is 12. The van der Waals surface area contributed by atoms with Crippen LogP contribution in [-0.2, 0) is 14.8 Å². The number of nitro groups is 1. The molecule has 32 heavy (non-hydrogen) atoms. The van der Waals surface area contributed by atoms with Crippen molar-refractivity contribution in [2.24, 2.45) is 0 Å². The molecule has 172 valence electrons. The van der Waals surface area contributed by atoms with Gasteiger partial charge in [0.15, 0.2) is 0 Å². The van der Waals surface area contributed by atoms with Gasteiger partial charge >= 0.3 is 0 Å². The number of carbonyl (C=O) groups is 1. The fourth-order valence-corrected chi connectivity index (χ4v) is 4.21. The van der Waals surface area contributed by atoms with E-state index in [0.29, 0.717) is 16.9 Å². The average molecular weight is 480 g/mol. The SMILES string of the molecule is CSCCC(NS(=O)(=O)/C=C/c1ccccc1)C(=O)NCC(O)c1ccc([N+](=O)[O-])cc1. The minimum atomic E-state index is -3.89. The Bertz CT molecular complexity index is 1030. The van der Waals surface area contributed by atoms with Crippen LogP contribution in [-0.4, -0.2) is 49.0 Å². The van der Waals surface area contributed by atoms with Crippen molar-refractivity contribution in [2.45, 2.75) is 18.6 Å². The highest BCUT2D eigenvalue weighted by molar-refractivity contribution is 7.98. The molecule has 0 aliphatic carbocycles. The molecule has 0 fully saturated rings. The van der Waals surface area contributed by atoms with E-state index in [4.69, 9.17) is 0 Å².